The predicted molar refractivity (Wildman–Crippen MR) is 74.0 cm³/mol. The lowest BCUT2D eigenvalue weighted by atomic mass is 10.1. The van der Waals surface area contributed by atoms with Crippen LogP contribution in [0.25, 0.3) is 0 Å². The van der Waals surface area contributed by atoms with Crippen LogP contribution >= 0.6 is 0 Å². The molecule has 94 valence electrons. The minimum Gasteiger partial charge on any atom is -0.370 e. The van der Waals surface area contributed by atoms with Gasteiger partial charge in [-0.05, 0) is 30.4 Å². The predicted octanol–water partition coefficient (Wildman–Crippen LogP) is 2.45. The molecule has 3 nitrogen and oxygen atoms in total. The van der Waals surface area contributed by atoms with Crippen molar-refractivity contribution in [3.8, 4) is 0 Å². The molecule has 0 saturated carbocycles. The van der Waals surface area contributed by atoms with Gasteiger partial charge in [0.1, 0.15) is 0 Å². The number of hydrogen-bond acceptors (Lipinski definition) is 1. The van der Waals surface area contributed by atoms with E-state index in [0.717, 1.165) is 13.0 Å². The lowest BCUT2D eigenvalue weighted by molar-refractivity contribution is 0.576. The van der Waals surface area contributed by atoms with Gasteiger partial charge >= 0.3 is 0 Å². The summed E-state index contributed by atoms with van der Waals surface area (Å²) in [4.78, 5) is 4.34. The van der Waals surface area contributed by atoms with Crippen LogP contribution in [-0.2, 0) is 6.54 Å². The normalized spacial score (nSPS) is 11.9. The minimum atomic E-state index is 0.536. The van der Waals surface area contributed by atoms with Crippen LogP contribution in [0.4, 0.5) is 0 Å². The summed E-state index contributed by atoms with van der Waals surface area (Å²) in [5.41, 5.74) is 8.28. The van der Waals surface area contributed by atoms with E-state index >= 15 is 0 Å². The number of rotatable bonds is 5. The van der Waals surface area contributed by atoms with Crippen molar-refractivity contribution in [3.63, 3.8) is 0 Å². The zero-order valence-corrected chi connectivity index (χ0v) is 11.0. The molecule has 0 saturated heterocycles. The van der Waals surface area contributed by atoms with Crippen LogP contribution < -0.4 is 11.1 Å². The number of hydrogen-bond donors (Lipinski definition) is 2. The molecule has 3 N–H and O–H groups in total. The van der Waals surface area contributed by atoms with E-state index in [1.807, 2.05) is 12.1 Å². The first-order chi connectivity index (χ1) is 8.09. The Morgan fingerprint density at radius 1 is 1.35 bits per heavy atom. The summed E-state index contributed by atoms with van der Waals surface area (Å²) in [6.07, 6.45) is 1.11. The van der Waals surface area contributed by atoms with E-state index in [1.165, 1.54) is 11.1 Å². The highest BCUT2D eigenvalue weighted by atomic mass is 15.1. The second kappa shape index (κ2) is 6.94. The zero-order valence-electron chi connectivity index (χ0n) is 11.0. The highest BCUT2D eigenvalue weighted by molar-refractivity contribution is 5.77. The Balaban J connectivity index is 2.40. The molecule has 0 heterocycles. The number of benzene rings is 1. The van der Waals surface area contributed by atoms with Crippen LogP contribution in [0.2, 0.25) is 0 Å². The molecule has 1 rings (SSSR count). The minimum absolute atomic E-state index is 0.536. The maximum Gasteiger partial charge on any atom is 0.188 e. The second-order valence-electron chi connectivity index (χ2n) is 4.74. The van der Waals surface area contributed by atoms with Crippen molar-refractivity contribution < 1.29 is 0 Å². The molecule has 17 heavy (non-hydrogen) atoms. The number of nitrogens with two attached hydrogens (primary N) is 1. The summed E-state index contributed by atoms with van der Waals surface area (Å²) in [5, 5.41) is 3.13. The molecule has 3 heteroatoms. The maximum atomic E-state index is 5.80. The third-order valence-electron chi connectivity index (χ3n) is 2.71. The Morgan fingerprint density at radius 3 is 2.71 bits per heavy atom. The first kappa shape index (κ1) is 13.6. The van der Waals surface area contributed by atoms with Gasteiger partial charge < -0.3 is 11.1 Å². The van der Waals surface area contributed by atoms with Crippen molar-refractivity contribution in [2.75, 3.05) is 6.54 Å². The van der Waals surface area contributed by atoms with Gasteiger partial charge in [-0.25, -0.2) is 4.99 Å². The molecule has 0 aliphatic carbocycles. The largest absolute Gasteiger partial charge is 0.370 e. The smallest absolute Gasteiger partial charge is 0.188 e. The number of aliphatic imine (C=N–C) groups is 1. The quantitative estimate of drug-likeness (QED) is 0.606. The van der Waals surface area contributed by atoms with Gasteiger partial charge in [0.2, 0.25) is 0 Å². The third-order valence-corrected chi connectivity index (χ3v) is 2.71. The molecule has 0 aliphatic rings. The van der Waals surface area contributed by atoms with E-state index in [2.05, 4.69) is 43.2 Å². The standard InChI is InChI=1S/C14H23N3/c1-11(2)8-9-16-14(15)17-10-13-7-5-4-6-12(13)3/h4-7,11H,8-10H2,1-3H3,(H3,15,16,17). The third kappa shape index (κ3) is 5.38. The van der Waals surface area contributed by atoms with Crippen molar-refractivity contribution in [1.29, 1.82) is 0 Å². The SMILES string of the molecule is Cc1ccccc1CN=C(N)NCCC(C)C. The van der Waals surface area contributed by atoms with Gasteiger partial charge in [-0.3, -0.25) is 0 Å². The summed E-state index contributed by atoms with van der Waals surface area (Å²) in [7, 11) is 0. The van der Waals surface area contributed by atoms with Gasteiger partial charge in [0.25, 0.3) is 0 Å². The molecule has 0 radical (unpaired) electrons. The fourth-order valence-corrected chi connectivity index (χ4v) is 1.50. The van der Waals surface area contributed by atoms with E-state index < -0.39 is 0 Å². The molecule has 0 bridgehead atoms. The summed E-state index contributed by atoms with van der Waals surface area (Å²) < 4.78 is 0. The number of guanidine groups is 1. The molecule has 0 spiro atoms. The molecule has 0 fully saturated rings. The Morgan fingerprint density at radius 2 is 2.06 bits per heavy atom. The van der Waals surface area contributed by atoms with E-state index in [1.54, 1.807) is 0 Å². The molecule has 0 atom stereocenters. The fourth-order valence-electron chi connectivity index (χ4n) is 1.50. The van der Waals surface area contributed by atoms with Crippen LogP contribution in [0.1, 0.15) is 31.4 Å². The maximum absolute atomic E-state index is 5.80. The molecular formula is C14H23N3. The Kier molecular flexibility index (Phi) is 5.53. The van der Waals surface area contributed by atoms with Crippen LogP contribution in [0.5, 0.6) is 0 Å². The fraction of sp³-hybridized carbons (Fsp3) is 0.500. The lowest BCUT2D eigenvalue weighted by Crippen LogP contribution is -2.32. The van der Waals surface area contributed by atoms with E-state index in [-0.39, 0.29) is 0 Å². The molecule has 0 amide bonds. The van der Waals surface area contributed by atoms with Crippen LogP contribution in [-0.4, -0.2) is 12.5 Å². The van der Waals surface area contributed by atoms with Gasteiger partial charge in [-0.1, -0.05) is 38.1 Å². The van der Waals surface area contributed by atoms with E-state index in [9.17, 15) is 0 Å². The Bertz CT molecular complexity index is 369. The zero-order chi connectivity index (χ0) is 12.7. The highest BCUT2D eigenvalue weighted by Crippen LogP contribution is 2.07. The molecule has 1 aromatic rings. The molecule has 1 aromatic carbocycles. The molecule has 0 unspecified atom stereocenters. The number of nitrogens with one attached hydrogen (secondary N) is 1. The molecule has 0 aromatic heterocycles. The molecular weight excluding hydrogens is 210 g/mol. The van der Waals surface area contributed by atoms with E-state index in [4.69, 9.17) is 5.73 Å². The van der Waals surface area contributed by atoms with Crippen molar-refractivity contribution in [3.05, 3.63) is 35.4 Å². The van der Waals surface area contributed by atoms with Gasteiger partial charge in [-0.2, -0.15) is 0 Å². The van der Waals surface area contributed by atoms with E-state index in [0.29, 0.717) is 18.4 Å². The number of aryl methyl sites for hydroxylation is 1. The van der Waals surface area contributed by atoms with Crippen molar-refractivity contribution >= 4 is 5.96 Å². The van der Waals surface area contributed by atoms with Crippen molar-refractivity contribution in [2.24, 2.45) is 16.6 Å². The lowest BCUT2D eigenvalue weighted by Gasteiger charge is -2.08. The van der Waals surface area contributed by atoms with Crippen LogP contribution in [0.15, 0.2) is 29.3 Å². The summed E-state index contributed by atoms with van der Waals surface area (Å²) in [6, 6.07) is 8.24. The summed E-state index contributed by atoms with van der Waals surface area (Å²) in [6.45, 7) is 8.02. The summed E-state index contributed by atoms with van der Waals surface area (Å²) >= 11 is 0. The van der Waals surface area contributed by atoms with Gasteiger partial charge in [0, 0.05) is 6.54 Å². The van der Waals surface area contributed by atoms with Gasteiger partial charge in [0.15, 0.2) is 5.96 Å². The second-order valence-corrected chi connectivity index (χ2v) is 4.74. The number of nitrogens with zero attached hydrogens (tertiary/aromatic N) is 1. The van der Waals surface area contributed by atoms with Gasteiger partial charge in [0.05, 0.1) is 6.54 Å². The first-order valence-electron chi connectivity index (χ1n) is 6.18. The average molecular weight is 233 g/mol. The Hall–Kier alpha value is -1.51. The van der Waals surface area contributed by atoms with Gasteiger partial charge in [-0.15, -0.1) is 0 Å². The monoisotopic (exact) mass is 233 g/mol. The van der Waals surface area contributed by atoms with Crippen LogP contribution in [0, 0.1) is 12.8 Å². The van der Waals surface area contributed by atoms with Crippen LogP contribution in [0.3, 0.4) is 0 Å². The summed E-state index contributed by atoms with van der Waals surface area (Å²) in [5.74, 6) is 1.22. The highest BCUT2D eigenvalue weighted by Gasteiger charge is 1.97. The van der Waals surface area contributed by atoms with Crippen molar-refractivity contribution in [1.82, 2.24) is 5.32 Å². The molecule has 0 aliphatic heterocycles. The average Bonchev–Trinajstić information content (AvgIpc) is 2.27. The Labute approximate surface area is 104 Å². The topological polar surface area (TPSA) is 50.4 Å². The first-order valence-corrected chi connectivity index (χ1v) is 6.18. The van der Waals surface area contributed by atoms with Crippen molar-refractivity contribution in [2.45, 2.75) is 33.7 Å².